The fourth-order valence-corrected chi connectivity index (χ4v) is 3.22. The second-order valence-corrected chi connectivity index (χ2v) is 5.48. The molecule has 17 heavy (non-hydrogen) atoms. The molecule has 0 radical (unpaired) electrons. The van der Waals surface area contributed by atoms with Crippen molar-refractivity contribution in [2.24, 2.45) is 0 Å². The first-order valence-corrected chi connectivity index (χ1v) is 7.07. The highest BCUT2D eigenvalue weighted by Crippen LogP contribution is 2.26. The molecule has 0 spiro atoms. The molecule has 0 aliphatic rings. The molecule has 0 saturated heterocycles. The lowest BCUT2D eigenvalue weighted by Gasteiger charge is -1.97. The van der Waals surface area contributed by atoms with Gasteiger partial charge < -0.3 is 4.98 Å². The van der Waals surface area contributed by atoms with Crippen molar-refractivity contribution in [3.8, 4) is 0 Å². The Morgan fingerprint density at radius 1 is 1.29 bits per heavy atom. The molecule has 3 nitrogen and oxygen atoms in total. The van der Waals surface area contributed by atoms with Gasteiger partial charge >= 0.3 is 0 Å². The average Bonchev–Trinajstić information content (AvgIpc) is 2.91. The molecule has 0 atom stereocenters. The van der Waals surface area contributed by atoms with Gasteiger partial charge in [0.25, 0.3) is 0 Å². The van der Waals surface area contributed by atoms with Crippen molar-refractivity contribution in [1.82, 2.24) is 14.3 Å². The number of hydrogen-bond acceptors (Lipinski definition) is 4. The maximum Gasteiger partial charge on any atom is 0.167 e. The van der Waals surface area contributed by atoms with E-state index in [1.807, 2.05) is 13.0 Å². The van der Waals surface area contributed by atoms with Gasteiger partial charge in [-0.25, -0.2) is 4.98 Å². The molecular formula is C12H11N3S2. The number of aryl methyl sites for hydroxylation is 1. The third-order valence-corrected chi connectivity index (χ3v) is 4.28. The maximum absolute atomic E-state index is 4.51. The van der Waals surface area contributed by atoms with Crippen LogP contribution in [-0.4, -0.2) is 14.3 Å². The number of imidazole rings is 1. The summed E-state index contributed by atoms with van der Waals surface area (Å²) in [7, 11) is 0. The van der Waals surface area contributed by atoms with E-state index in [2.05, 4.69) is 38.6 Å². The van der Waals surface area contributed by atoms with Gasteiger partial charge in [0.15, 0.2) is 9.99 Å². The van der Waals surface area contributed by atoms with Crippen LogP contribution in [0.4, 0.5) is 0 Å². The van der Waals surface area contributed by atoms with Crippen molar-refractivity contribution in [2.45, 2.75) is 17.8 Å². The lowest BCUT2D eigenvalue weighted by atomic mass is 10.2. The Balaban J connectivity index is 1.77. The van der Waals surface area contributed by atoms with E-state index in [1.165, 1.54) is 17.1 Å². The molecule has 0 amide bonds. The quantitative estimate of drug-likeness (QED) is 0.732. The highest BCUT2D eigenvalue weighted by atomic mass is 32.2. The molecule has 1 aromatic carbocycles. The lowest BCUT2D eigenvalue weighted by molar-refractivity contribution is 1.07. The van der Waals surface area contributed by atoms with Gasteiger partial charge in [-0.05, 0) is 24.0 Å². The van der Waals surface area contributed by atoms with Crippen molar-refractivity contribution in [3.63, 3.8) is 0 Å². The van der Waals surface area contributed by atoms with Gasteiger partial charge in [0.1, 0.15) is 5.52 Å². The molecule has 5 heteroatoms. The zero-order valence-corrected chi connectivity index (χ0v) is 10.9. The Kier molecular flexibility index (Phi) is 2.86. The van der Waals surface area contributed by atoms with E-state index in [0.29, 0.717) is 0 Å². The predicted molar refractivity (Wildman–Crippen MR) is 72.5 cm³/mol. The molecular weight excluding hydrogens is 250 g/mol. The van der Waals surface area contributed by atoms with E-state index in [4.69, 9.17) is 0 Å². The molecule has 0 aliphatic heterocycles. The smallest absolute Gasteiger partial charge is 0.167 e. The molecule has 0 bridgehead atoms. The van der Waals surface area contributed by atoms with Crippen LogP contribution in [0.5, 0.6) is 0 Å². The van der Waals surface area contributed by atoms with Crippen LogP contribution in [-0.2, 0) is 5.75 Å². The van der Waals surface area contributed by atoms with Crippen LogP contribution in [0, 0.1) is 6.92 Å². The Hall–Kier alpha value is -1.33. The van der Waals surface area contributed by atoms with Crippen LogP contribution in [0.3, 0.4) is 0 Å². The molecule has 86 valence electrons. The maximum atomic E-state index is 4.51. The first-order chi connectivity index (χ1) is 8.33. The van der Waals surface area contributed by atoms with Gasteiger partial charge in [-0.15, -0.1) is 0 Å². The summed E-state index contributed by atoms with van der Waals surface area (Å²) in [6.07, 6.45) is 0. The highest BCUT2D eigenvalue weighted by molar-refractivity contribution is 7.98. The number of hydrogen-bond donors (Lipinski definition) is 1. The Labute approximate surface area is 107 Å². The number of benzene rings is 1. The van der Waals surface area contributed by atoms with Crippen LogP contribution in [0.25, 0.3) is 10.3 Å². The zero-order chi connectivity index (χ0) is 11.7. The number of fused-ring (bicyclic) bond motifs is 1. The monoisotopic (exact) mass is 261 g/mol. The second-order valence-electron chi connectivity index (χ2n) is 3.76. The van der Waals surface area contributed by atoms with Gasteiger partial charge in [0.2, 0.25) is 0 Å². The Morgan fingerprint density at radius 2 is 2.12 bits per heavy atom. The number of aromatic amines is 1. The number of rotatable bonds is 3. The summed E-state index contributed by atoms with van der Waals surface area (Å²) in [5.41, 5.74) is 3.42. The minimum absolute atomic E-state index is 0.939. The van der Waals surface area contributed by atoms with Crippen LogP contribution < -0.4 is 0 Å². The number of nitrogens with one attached hydrogen (secondary N) is 1. The standard InChI is InChI=1S/C12H11N3S2/c1-8-10-11(17-15-8)14-12(13-10)16-7-9-5-3-2-4-6-9/h2-6H,7H2,1H3,(H,13,14). The fraction of sp³-hybridized carbons (Fsp3) is 0.167. The summed E-state index contributed by atoms with van der Waals surface area (Å²) >= 11 is 3.18. The van der Waals surface area contributed by atoms with Gasteiger partial charge in [-0.2, -0.15) is 4.37 Å². The average molecular weight is 261 g/mol. The van der Waals surface area contributed by atoms with E-state index in [-0.39, 0.29) is 0 Å². The van der Waals surface area contributed by atoms with Crippen molar-refractivity contribution < 1.29 is 0 Å². The van der Waals surface area contributed by atoms with Gasteiger partial charge in [0, 0.05) is 5.75 Å². The number of aromatic nitrogens is 3. The molecule has 0 fully saturated rings. The van der Waals surface area contributed by atoms with Crippen LogP contribution in [0.2, 0.25) is 0 Å². The molecule has 3 aromatic rings. The molecule has 1 N–H and O–H groups in total. The number of thioether (sulfide) groups is 1. The van der Waals surface area contributed by atoms with Crippen LogP contribution in [0.15, 0.2) is 35.5 Å². The first-order valence-electron chi connectivity index (χ1n) is 5.31. The summed E-state index contributed by atoms with van der Waals surface area (Å²) in [6, 6.07) is 10.4. The SMILES string of the molecule is Cc1nsc2nc(SCc3ccccc3)[nH]c12. The summed E-state index contributed by atoms with van der Waals surface area (Å²) in [4.78, 5) is 8.82. The topological polar surface area (TPSA) is 41.6 Å². The predicted octanol–water partition coefficient (Wildman–Crippen LogP) is 3.62. The van der Waals surface area contributed by atoms with Crippen molar-refractivity contribution in [2.75, 3.05) is 0 Å². The van der Waals surface area contributed by atoms with Crippen LogP contribution in [0.1, 0.15) is 11.3 Å². The molecule has 2 aromatic heterocycles. The molecule has 0 saturated carbocycles. The Morgan fingerprint density at radius 3 is 2.88 bits per heavy atom. The van der Waals surface area contributed by atoms with E-state index in [0.717, 1.165) is 27.0 Å². The summed E-state index contributed by atoms with van der Waals surface area (Å²) in [5, 5.41) is 0.973. The van der Waals surface area contributed by atoms with E-state index >= 15 is 0 Å². The third kappa shape index (κ3) is 2.21. The van der Waals surface area contributed by atoms with Gasteiger partial charge in [0.05, 0.1) is 5.69 Å². The largest absolute Gasteiger partial charge is 0.331 e. The molecule has 3 rings (SSSR count). The first kappa shape index (κ1) is 10.8. The Bertz CT molecular complexity index is 628. The van der Waals surface area contributed by atoms with Crippen molar-refractivity contribution in [3.05, 3.63) is 41.6 Å². The summed E-state index contributed by atoms with van der Waals surface area (Å²) in [6.45, 7) is 2.00. The molecule has 0 unspecified atom stereocenters. The lowest BCUT2D eigenvalue weighted by Crippen LogP contribution is -1.81. The number of H-pyrrole nitrogens is 1. The minimum Gasteiger partial charge on any atom is -0.331 e. The minimum atomic E-state index is 0.939. The summed E-state index contributed by atoms with van der Waals surface area (Å²) < 4.78 is 4.25. The molecule has 0 aliphatic carbocycles. The van der Waals surface area contributed by atoms with Crippen molar-refractivity contribution in [1.29, 1.82) is 0 Å². The number of nitrogens with zero attached hydrogens (tertiary/aromatic N) is 2. The van der Waals surface area contributed by atoms with E-state index < -0.39 is 0 Å². The third-order valence-electron chi connectivity index (χ3n) is 2.50. The van der Waals surface area contributed by atoms with E-state index in [9.17, 15) is 0 Å². The second kappa shape index (κ2) is 4.50. The van der Waals surface area contributed by atoms with E-state index in [1.54, 1.807) is 11.8 Å². The summed E-state index contributed by atoms with van der Waals surface area (Å²) in [5.74, 6) is 0.939. The van der Waals surface area contributed by atoms with Crippen LogP contribution >= 0.6 is 23.3 Å². The van der Waals surface area contributed by atoms with Crippen molar-refractivity contribution >= 4 is 33.6 Å². The fourth-order valence-electron chi connectivity index (χ4n) is 1.60. The van der Waals surface area contributed by atoms with Gasteiger partial charge in [-0.1, -0.05) is 42.1 Å². The highest BCUT2D eigenvalue weighted by Gasteiger charge is 2.08. The normalized spacial score (nSPS) is 11.1. The zero-order valence-electron chi connectivity index (χ0n) is 9.30. The molecule has 2 heterocycles. The van der Waals surface area contributed by atoms with Gasteiger partial charge in [-0.3, -0.25) is 0 Å².